The van der Waals surface area contributed by atoms with Gasteiger partial charge in [0.1, 0.15) is 16.5 Å². The maximum atomic E-state index is 7.62. The van der Waals surface area contributed by atoms with Crippen molar-refractivity contribution in [2.24, 2.45) is 0 Å². The second kappa shape index (κ2) is 7.79. The van der Waals surface area contributed by atoms with E-state index in [0.29, 0.717) is 23.1 Å². The lowest BCUT2D eigenvalue weighted by atomic mass is 10.2. The molecule has 1 aromatic carbocycles. The summed E-state index contributed by atoms with van der Waals surface area (Å²) < 4.78 is 0. The summed E-state index contributed by atoms with van der Waals surface area (Å²) in [6.07, 6.45) is 3.28. The number of imidazole rings is 2. The van der Waals surface area contributed by atoms with Crippen molar-refractivity contribution in [1.29, 1.82) is 5.41 Å². The molecule has 0 saturated heterocycles. The molecule has 0 saturated carbocycles. The van der Waals surface area contributed by atoms with E-state index in [1.54, 1.807) is 23.6 Å². The van der Waals surface area contributed by atoms with Gasteiger partial charge in [-0.05, 0) is 25.1 Å². The molecule has 3 heterocycles. The van der Waals surface area contributed by atoms with Crippen LogP contribution >= 0.6 is 34.5 Å². The van der Waals surface area contributed by atoms with Gasteiger partial charge in [0.15, 0.2) is 5.82 Å². The number of nitrogens with one attached hydrogen (secondary N) is 4. The number of fused-ring (bicyclic) bond motifs is 1. The highest BCUT2D eigenvalue weighted by molar-refractivity contribution is 7.10. The molecule has 9 heteroatoms. The third kappa shape index (κ3) is 3.96. The second-order valence-electron chi connectivity index (χ2n) is 6.17. The zero-order valence-corrected chi connectivity index (χ0v) is 17.1. The van der Waals surface area contributed by atoms with Gasteiger partial charge in [0.25, 0.3) is 0 Å². The fourth-order valence-electron chi connectivity index (χ4n) is 2.83. The number of aromatic amines is 2. The minimum Gasteiger partial charge on any atom is -0.375 e. The monoisotopic (exact) mass is 430 g/mol. The number of hydrogen-bond acceptors (Lipinski definition) is 5. The van der Waals surface area contributed by atoms with E-state index in [-0.39, 0.29) is 5.17 Å². The predicted molar refractivity (Wildman–Crippen MR) is 116 cm³/mol. The lowest BCUT2D eigenvalue weighted by Gasteiger charge is -2.07. The first-order valence-corrected chi connectivity index (χ1v) is 10.1. The molecule has 0 atom stereocenters. The fraction of sp³-hybridized carbons (Fsp3) is 0.105. The van der Waals surface area contributed by atoms with Crippen LogP contribution in [0.4, 0.5) is 0 Å². The highest BCUT2D eigenvalue weighted by atomic mass is 35.5. The molecule has 0 aliphatic heterocycles. The number of aromatic nitrogens is 4. The van der Waals surface area contributed by atoms with E-state index < -0.39 is 0 Å². The van der Waals surface area contributed by atoms with Gasteiger partial charge in [0.2, 0.25) is 0 Å². The van der Waals surface area contributed by atoms with E-state index >= 15 is 0 Å². The van der Waals surface area contributed by atoms with Crippen LogP contribution < -0.4 is 5.32 Å². The largest absolute Gasteiger partial charge is 0.375 e. The maximum Gasteiger partial charge on any atom is 0.154 e. The average Bonchev–Trinajstić information content (AvgIpc) is 3.37. The Morgan fingerprint density at radius 1 is 1.36 bits per heavy atom. The third-order valence-electron chi connectivity index (χ3n) is 4.10. The van der Waals surface area contributed by atoms with Gasteiger partial charge in [-0.2, -0.15) is 0 Å². The molecule has 0 aliphatic carbocycles. The van der Waals surface area contributed by atoms with E-state index in [1.165, 1.54) is 11.0 Å². The molecule has 0 radical (unpaired) electrons. The number of rotatable bonds is 6. The standard InChI is InChI=1S/C19H16Cl2N6S/c1-10-5-11(9-28-10)15-7-24-19(26-15)14(6-16(21)22)23-8-17-25-13-4-2-3-12(20)18(13)27-17/h2-7,9,22-23H,8H2,1H3,(H,24,26)(H,25,27)/b14-6+,22-16?. The molecule has 3 aromatic heterocycles. The summed E-state index contributed by atoms with van der Waals surface area (Å²) in [5.41, 5.74) is 4.18. The van der Waals surface area contributed by atoms with Crippen molar-refractivity contribution in [2.75, 3.05) is 0 Å². The molecular formula is C19H16Cl2N6S. The summed E-state index contributed by atoms with van der Waals surface area (Å²) in [5, 5.41) is 13.4. The fourth-order valence-corrected chi connectivity index (χ4v) is 3.86. The van der Waals surface area contributed by atoms with Crippen LogP contribution in [0.25, 0.3) is 28.0 Å². The van der Waals surface area contributed by atoms with Crippen LogP contribution in [0.15, 0.2) is 41.9 Å². The first kappa shape index (κ1) is 18.7. The molecule has 0 amide bonds. The SMILES string of the molecule is Cc1cc(-c2cnc(/C(=C\C(=N)Cl)NCc3nc4c(Cl)cccc4[nH]3)[nH]2)cs1. The summed E-state index contributed by atoms with van der Waals surface area (Å²) in [7, 11) is 0. The molecule has 0 unspecified atom stereocenters. The van der Waals surface area contributed by atoms with Gasteiger partial charge in [-0.3, -0.25) is 5.41 Å². The summed E-state index contributed by atoms with van der Waals surface area (Å²) in [6.45, 7) is 2.46. The quantitative estimate of drug-likeness (QED) is 0.311. The van der Waals surface area contributed by atoms with E-state index in [9.17, 15) is 0 Å². The van der Waals surface area contributed by atoms with Crippen molar-refractivity contribution < 1.29 is 0 Å². The van der Waals surface area contributed by atoms with Gasteiger partial charge in [-0.25, -0.2) is 9.97 Å². The lowest BCUT2D eigenvalue weighted by molar-refractivity contribution is 0.825. The van der Waals surface area contributed by atoms with Crippen LogP contribution in [0.1, 0.15) is 16.5 Å². The summed E-state index contributed by atoms with van der Waals surface area (Å²) in [6, 6.07) is 7.69. The Kier molecular flexibility index (Phi) is 5.21. The first-order valence-electron chi connectivity index (χ1n) is 8.43. The van der Waals surface area contributed by atoms with Crippen LogP contribution in [-0.2, 0) is 6.54 Å². The van der Waals surface area contributed by atoms with E-state index in [4.69, 9.17) is 28.6 Å². The molecule has 28 heavy (non-hydrogen) atoms. The summed E-state index contributed by atoms with van der Waals surface area (Å²) >= 11 is 13.7. The smallest absolute Gasteiger partial charge is 0.154 e. The molecule has 0 spiro atoms. The molecular weight excluding hydrogens is 415 g/mol. The Balaban J connectivity index is 1.57. The maximum absolute atomic E-state index is 7.62. The number of nitrogens with zero attached hydrogens (tertiary/aromatic N) is 2. The number of benzene rings is 1. The lowest BCUT2D eigenvalue weighted by Crippen LogP contribution is -2.14. The number of hydrogen-bond donors (Lipinski definition) is 4. The number of aryl methyl sites for hydroxylation is 1. The van der Waals surface area contributed by atoms with Crippen LogP contribution in [0.3, 0.4) is 0 Å². The summed E-state index contributed by atoms with van der Waals surface area (Å²) in [4.78, 5) is 16.7. The van der Waals surface area contributed by atoms with Crippen LogP contribution in [0, 0.1) is 12.3 Å². The number of allylic oxidation sites excluding steroid dienone is 1. The van der Waals surface area contributed by atoms with E-state index in [1.807, 2.05) is 12.1 Å². The van der Waals surface area contributed by atoms with Crippen LogP contribution in [-0.4, -0.2) is 25.1 Å². The van der Waals surface area contributed by atoms with Crippen molar-refractivity contribution in [1.82, 2.24) is 25.3 Å². The van der Waals surface area contributed by atoms with E-state index in [0.717, 1.165) is 28.1 Å². The van der Waals surface area contributed by atoms with Gasteiger partial charge in [0.05, 0.1) is 34.7 Å². The van der Waals surface area contributed by atoms with Crippen molar-refractivity contribution in [3.05, 3.63) is 63.5 Å². The topological polar surface area (TPSA) is 93.2 Å². The molecule has 142 valence electrons. The molecule has 6 nitrogen and oxygen atoms in total. The number of H-pyrrole nitrogens is 2. The van der Waals surface area contributed by atoms with Gasteiger partial charge in [0, 0.05) is 21.9 Å². The molecule has 0 fully saturated rings. The Morgan fingerprint density at radius 2 is 2.21 bits per heavy atom. The van der Waals surface area contributed by atoms with Crippen molar-refractivity contribution >= 4 is 56.4 Å². The predicted octanol–water partition coefficient (Wildman–Crippen LogP) is 5.32. The van der Waals surface area contributed by atoms with Crippen molar-refractivity contribution in [3.8, 4) is 11.3 Å². The second-order valence-corrected chi connectivity index (χ2v) is 8.10. The van der Waals surface area contributed by atoms with Crippen LogP contribution in [0.2, 0.25) is 5.02 Å². The zero-order chi connectivity index (χ0) is 19.7. The van der Waals surface area contributed by atoms with Gasteiger partial charge < -0.3 is 15.3 Å². The third-order valence-corrected chi connectivity index (χ3v) is 5.38. The van der Waals surface area contributed by atoms with Gasteiger partial charge >= 0.3 is 0 Å². The first-order chi connectivity index (χ1) is 13.5. The number of halogens is 2. The van der Waals surface area contributed by atoms with Gasteiger partial charge in [-0.15, -0.1) is 11.3 Å². The highest BCUT2D eigenvalue weighted by Gasteiger charge is 2.11. The average molecular weight is 431 g/mol. The van der Waals surface area contributed by atoms with Gasteiger partial charge in [-0.1, -0.05) is 29.3 Å². The van der Waals surface area contributed by atoms with Crippen molar-refractivity contribution in [2.45, 2.75) is 13.5 Å². The highest BCUT2D eigenvalue weighted by Crippen LogP contribution is 2.25. The Labute approximate surface area is 175 Å². The summed E-state index contributed by atoms with van der Waals surface area (Å²) in [5.74, 6) is 1.31. The Bertz CT molecular complexity index is 1190. The number of para-hydroxylation sites is 1. The molecule has 4 N–H and O–H groups in total. The molecule has 0 bridgehead atoms. The Hall–Kier alpha value is -2.61. The molecule has 4 rings (SSSR count). The Morgan fingerprint density at radius 3 is 2.93 bits per heavy atom. The van der Waals surface area contributed by atoms with Crippen molar-refractivity contribution in [3.63, 3.8) is 0 Å². The minimum absolute atomic E-state index is 0.0977. The minimum atomic E-state index is -0.0977. The number of thiophene rings is 1. The molecule has 4 aromatic rings. The van der Waals surface area contributed by atoms with E-state index in [2.05, 4.69) is 43.6 Å². The normalized spacial score (nSPS) is 11.9. The molecule has 0 aliphatic rings. The van der Waals surface area contributed by atoms with Crippen LogP contribution in [0.5, 0.6) is 0 Å². The zero-order valence-electron chi connectivity index (χ0n) is 14.8.